The lowest BCUT2D eigenvalue weighted by atomic mass is 10.0. The molecular formula is C9H9FN2O2. The second-order valence-corrected chi connectivity index (χ2v) is 2.79. The Kier molecular flexibility index (Phi) is 3.02. The number of benzene rings is 1. The van der Waals surface area contributed by atoms with E-state index in [1.807, 2.05) is 0 Å². The molecule has 0 aromatic heterocycles. The van der Waals surface area contributed by atoms with Crippen LogP contribution in [0, 0.1) is 17.1 Å². The largest absolute Gasteiger partial charge is 0.507 e. The average molecular weight is 196 g/mol. The number of aliphatic hydroxyl groups is 1. The third-order valence-corrected chi connectivity index (χ3v) is 1.83. The van der Waals surface area contributed by atoms with Crippen LogP contribution in [-0.4, -0.2) is 16.8 Å². The average Bonchev–Trinajstić information content (AvgIpc) is 2.17. The van der Waals surface area contributed by atoms with Crippen LogP contribution in [0.3, 0.4) is 0 Å². The first-order valence-corrected chi connectivity index (χ1v) is 3.89. The van der Waals surface area contributed by atoms with Gasteiger partial charge < -0.3 is 15.9 Å². The molecule has 5 heteroatoms. The second-order valence-electron chi connectivity index (χ2n) is 2.79. The van der Waals surface area contributed by atoms with E-state index >= 15 is 0 Å². The van der Waals surface area contributed by atoms with Crippen LogP contribution in [0.5, 0.6) is 5.75 Å². The molecule has 0 aliphatic carbocycles. The Hall–Kier alpha value is -1.64. The first-order valence-electron chi connectivity index (χ1n) is 3.89. The fourth-order valence-electron chi connectivity index (χ4n) is 1.06. The lowest BCUT2D eigenvalue weighted by Gasteiger charge is -2.10. The third kappa shape index (κ3) is 1.82. The van der Waals surface area contributed by atoms with Crippen molar-refractivity contribution in [2.75, 3.05) is 6.61 Å². The van der Waals surface area contributed by atoms with Crippen LogP contribution in [0.1, 0.15) is 17.2 Å². The topological polar surface area (TPSA) is 90.3 Å². The maximum Gasteiger partial charge on any atom is 0.144 e. The third-order valence-electron chi connectivity index (χ3n) is 1.83. The molecule has 1 rings (SSSR count). The molecule has 0 aliphatic rings. The van der Waals surface area contributed by atoms with Crippen molar-refractivity contribution < 1.29 is 14.6 Å². The molecule has 14 heavy (non-hydrogen) atoms. The summed E-state index contributed by atoms with van der Waals surface area (Å²) >= 11 is 0. The van der Waals surface area contributed by atoms with E-state index < -0.39 is 11.9 Å². The van der Waals surface area contributed by atoms with Gasteiger partial charge >= 0.3 is 0 Å². The minimum Gasteiger partial charge on any atom is -0.507 e. The van der Waals surface area contributed by atoms with Gasteiger partial charge in [-0.3, -0.25) is 0 Å². The Balaban J connectivity index is 3.26. The lowest BCUT2D eigenvalue weighted by molar-refractivity contribution is 0.265. The van der Waals surface area contributed by atoms with Crippen molar-refractivity contribution in [2.24, 2.45) is 5.73 Å². The van der Waals surface area contributed by atoms with Gasteiger partial charge in [0.25, 0.3) is 0 Å². The molecule has 0 amide bonds. The van der Waals surface area contributed by atoms with Crippen molar-refractivity contribution in [3.8, 4) is 11.8 Å². The van der Waals surface area contributed by atoms with E-state index in [2.05, 4.69) is 0 Å². The summed E-state index contributed by atoms with van der Waals surface area (Å²) in [7, 11) is 0. The number of phenols is 1. The molecule has 0 spiro atoms. The Morgan fingerprint density at radius 1 is 1.57 bits per heavy atom. The minimum absolute atomic E-state index is 0.158. The first kappa shape index (κ1) is 10.4. The molecule has 4 N–H and O–H groups in total. The highest BCUT2D eigenvalue weighted by Gasteiger charge is 2.14. The highest BCUT2D eigenvalue weighted by atomic mass is 19.1. The highest BCUT2D eigenvalue weighted by Crippen LogP contribution is 2.25. The molecule has 74 valence electrons. The number of nitrogens with two attached hydrogens (primary N) is 1. The standard InChI is InChI=1S/C9H9FN2O2/c10-7-2-9(14)6(8(12)4-13)1-5(7)3-11/h1-2,8,13-14H,4,12H2/t8-/m0/s1. The molecular weight excluding hydrogens is 187 g/mol. The monoisotopic (exact) mass is 196 g/mol. The summed E-state index contributed by atoms with van der Waals surface area (Å²) in [6.45, 7) is -0.385. The van der Waals surface area contributed by atoms with Crippen LogP contribution in [0.2, 0.25) is 0 Å². The molecule has 0 saturated carbocycles. The molecule has 0 fully saturated rings. The van der Waals surface area contributed by atoms with Gasteiger partial charge in [-0.2, -0.15) is 5.26 Å². The summed E-state index contributed by atoms with van der Waals surface area (Å²) in [4.78, 5) is 0. The second kappa shape index (κ2) is 4.05. The number of rotatable bonds is 2. The summed E-state index contributed by atoms with van der Waals surface area (Å²) < 4.78 is 12.9. The number of aromatic hydroxyl groups is 1. The zero-order valence-electron chi connectivity index (χ0n) is 7.24. The molecule has 0 unspecified atom stereocenters. The van der Waals surface area contributed by atoms with Crippen LogP contribution in [0.4, 0.5) is 4.39 Å². The highest BCUT2D eigenvalue weighted by molar-refractivity contribution is 5.43. The number of phenolic OH excluding ortho intramolecular Hbond substituents is 1. The molecule has 0 aliphatic heterocycles. The van der Waals surface area contributed by atoms with Gasteiger partial charge in [-0.1, -0.05) is 0 Å². The molecule has 1 aromatic carbocycles. The fourth-order valence-corrected chi connectivity index (χ4v) is 1.06. The van der Waals surface area contributed by atoms with Crippen molar-refractivity contribution in [2.45, 2.75) is 6.04 Å². The van der Waals surface area contributed by atoms with E-state index in [9.17, 15) is 9.50 Å². The van der Waals surface area contributed by atoms with Gasteiger partial charge in [0.15, 0.2) is 0 Å². The Morgan fingerprint density at radius 2 is 2.21 bits per heavy atom. The lowest BCUT2D eigenvalue weighted by Crippen LogP contribution is -2.15. The quantitative estimate of drug-likeness (QED) is 0.638. The number of halogens is 1. The summed E-state index contributed by atoms with van der Waals surface area (Å²) in [5, 5.41) is 26.5. The molecule has 4 nitrogen and oxygen atoms in total. The smallest absolute Gasteiger partial charge is 0.144 e. The molecule has 0 bridgehead atoms. The van der Waals surface area contributed by atoms with Crippen LogP contribution < -0.4 is 5.73 Å². The number of aliphatic hydroxyl groups excluding tert-OH is 1. The predicted molar refractivity (Wildman–Crippen MR) is 46.8 cm³/mol. The van der Waals surface area contributed by atoms with Crippen LogP contribution in [0.25, 0.3) is 0 Å². The van der Waals surface area contributed by atoms with Crippen molar-refractivity contribution >= 4 is 0 Å². The van der Waals surface area contributed by atoms with Crippen molar-refractivity contribution in [1.29, 1.82) is 5.26 Å². The van der Waals surface area contributed by atoms with E-state index in [-0.39, 0.29) is 23.5 Å². The SMILES string of the molecule is N#Cc1cc([C@@H](N)CO)c(O)cc1F. The maximum atomic E-state index is 12.9. The maximum absolute atomic E-state index is 12.9. The number of nitrogens with zero attached hydrogens (tertiary/aromatic N) is 1. The molecule has 0 heterocycles. The van der Waals surface area contributed by atoms with Gasteiger partial charge in [0.05, 0.1) is 18.2 Å². The molecule has 1 aromatic rings. The summed E-state index contributed by atoms with van der Waals surface area (Å²) in [6, 6.07) is 2.74. The van der Waals surface area contributed by atoms with E-state index in [1.165, 1.54) is 0 Å². The van der Waals surface area contributed by atoms with Gasteiger partial charge in [0.1, 0.15) is 17.6 Å². The summed E-state index contributed by atoms with van der Waals surface area (Å²) in [5.41, 5.74) is 5.38. The predicted octanol–water partition coefficient (Wildman–Crippen LogP) is 0.395. The Labute approximate surface area is 80.0 Å². The zero-order chi connectivity index (χ0) is 10.7. The van der Waals surface area contributed by atoms with Gasteiger partial charge in [-0.25, -0.2) is 4.39 Å². The van der Waals surface area contributed by atoms with Crippen molar-refractivity contribution in [3.63, 3.8) is 0 Å². The van der Waals surface area contributed by atoms with Crippen LogP contribution >= 0.6 is 0 Å². The van der Waals surface area contributed by atoms with Crippen molar-refractivity contribution in [3.05, 3.63) is 29.1 Å². The number of nitriles is 1. The van der Waals surface area contributed by atoms with E-state index in [1.54, 1.807) is 6.07 Å². The van der Waals surface area contributed by atoms with Crippen LogP contribution in [0.15, 0.2) is 12.1 Å². The van der Waals surface area contributed by atoms with Gasteiger partial charge in [0, 0.05) is 11.6 Å². The van der Waals surface area contributed by atoms with Gasteiger partial charge in [-0.05, 0) is 6.07 Å². The molecule has 0 radical (unpaired) electrons. The zero-order valence-corrected chi connectivity index (χ0v) is 7.24. The van der Waals surface area contributed by atoms with Crippen molar-refractivity contribution in [1.82, 2.24) is 0 Å². The van der Waals surface area contributed by atoms with Gasteiger partial charge in [-0.15, -0.1) is 0 Å². The van der Waals surface area contributed by atoms with Crippen LogP contribution in [-0.2, 0) is 0 Å². The van der Waals surface area contributed by atoms with E-state index in [0.29, 0.717) is 0 Å². The van der Waals surface area contributed by atoms with Gasteiger partial charge in [0.2, 0.25) is 0 Å². The molecule has 1 atom stereocenters. The van der Waals surface area contributed by atoms with E-state index in [4.69, 9.17) is 16.1 Å². The summed E-state index contributed by atoms with van der Waals surface area (Å²) in [6.07, 6.45) is 0. The molecule has 0 saturated heterocycles. The minimum atomic E-state index is -0.817. The summed E-state index contributed by atoms with van der Waals surface area (Å²) in [5.74, 6) is -1.16. The Bertz CT molecular complexity index is 387. The first-order chi connectivity index (χ1) is 6.60. The number of hydrogen-bond donors (Lipinski definition) is 3. The number of hydrogen-bond acceptors (Lipinski definition) is 4. The normalized spacial score (nSPS) is 12.1. The Morgan fingerprint density at radius 3 is 2.71 bits per heavy atom. The fraction of sp³-hybridized carbons (Fsp3) is 0.222. The van der Waals surface area contributed by atoms with E-state index in [0.717, 1.165) is 12.1 Å².